The van der Waals surface area contributed by atoms with E-state index < -0.39 is 23.3 Å². The Morgan fingerprint density at radius 3 is 0.727 bits per heavy atom. The SMILES string of the molecule is Fc1cc2cc3cc4cc(F)c(F)cc4cc3cc2cc1F. The Morgan fingerprint density at radius 1 is 0.318 bits per heavy atom. The fourth-order valence-electron chi connectivity index (χ4n) is 2.74. The van der Waals surface area contributed by atoms with Crippen LogP contribution in [0.1, 0.15) is 0 Å². The molecular weight excluding hydrogens is 292 g/mol. The fraction of sp³-hybridized carbons (Fsp3) is 0. The summed E-state index contributed by atoms with van der Waals surface area (Å²) < 4.78 is 53.3. The lowest BCUT2D eigenvalue weighted by molar-refractivity contribution is 0.511. The van der Waals surface area contributed by atoms with Gasteiger partial charge in [0.2, 0.25) is 0 Å². The van der Waals surface area contributed by atoms with Gasteiger partial charge in [-0.3, -0.25) is 0 Å². The average Bonchev–Trinajstić information content (AvgIpc) is 2.46. The van der Waals surface area contributed by atoms with Crippen LogP contribution in [-0.4, -0.2) is 0 Å². The first kappa shape index (κ1) is 13.1. The highest BCUT2D eigenvalue weighted by molar-refractivity contribution is 6.04. The van der Waals surface area contributed by atoms with Crippen LogP contribution in [-0.2, 0) is 0 Å². The summed E-state index contributed by atoms with van der Waals surface area (Å²) in [5.41, 5.74) is 0. The summed E-state index contributed by atoms with van der Waals surface area (Å²) in [6.45, 7) is 0. The minimum atomic E-state index is -0.916. The molecule has 0 amide bonds. The van der Waals surface area contributed by atoms with Crippen LogP contribution < -0.4 is 0 Å². The molecule has 0 atom stereocenters. The van der Waals surface area contributed by atoms with E-state index in [0.29, 0.717) is 21.5 Å². The summed E-state index contributed by atoms with van der Waals surface area (Å²) in [6, 6.07) is 11.3. The van der Waals surface area contributed by atoms with Crippen LogP contribution in [0.15, 0.2) is 48.5 Å². The molecule has 0 N–H and O–H groups in total. The van der Waals surface area contributed by atoms with Gasteiger partial charge in [-0.15, -0.1) is 0 Å². The van der Waals surface area contributed by atoms with Crippen molar-refractivity contribution in [2.24, 2.45) is 0 Å². The number of halogens is 4. The molecule has 0 aliphatic heterocycles. The van der Waals surface area contributed by atoms with Gasteiger partial charge in [-0.1, -0.05) is 0 Å². The van der Waals surface area contributed by atoms with Gasteiger partial charge in [0.25, 0.3) is 0 Å². The Balaban J connectivity index is 2.11. The molecule has 0 aliphatic carbocycles. The average molecular weight is 300 g/mol. The van der Waals surface area contributed by atoms with Gasteiger partial charge in [-0.25, -0.2) is 17.6 Å². The van der Waals surface area contributed by atoms with Crippen molar-refractivity contribution < 1.29 is 17.6 Å². The van der Waals surface area contributed by atoms with E-state index >= 15 is 0 Å². The second-order valence-corrected chi connectivity index (χ2v) is 5.28. The van der Waals surface area contributed by atoms with Gasteiger partial charge in [0.05, 0.1) is 0 Å². The number of rotatable bonds is 0. The molecule has 0 fully saturated rings. The van der Waals surface area contributed by atoms with E-state index in [2.05, 4.69) is 0 Å². The Labute approximate surface area is 122 Å². The van der Waals surface area contributed by atoms with Gasteiger partial charge in [0.1, 0.15) is 0 Å². The zero-order valence-electron chi connectivity index (χ0n) is 11.1. The molecule has 4 aromatic rings. The van der Waals surface area contributed by atoms with Crippen LogP contribution in [0.4, 0.5) is 17.6 Å². The molecule has 0 saturated carbocycles. The largest absolute Gasteiger partial charge is 0.204 e. The fourth-order valence-corrected chi connectivity index (χ4v) is 2.74. The van der Waals surface area contributed by atoms with Crippen molar-refractivity contribution in [1.29, 1.82) is 0 Å². The number of hydrogen-bond donors (Lipinski definition) is 0. The summed E-state index contributed by atoms with van der Waals surface area (Å²) in [5.74, 6) is -3.66. The van der Waals surface area contributed by atoms with Crippen LogP contribution in [0, 0.1) is 23.3 Å². The van der Waals surface area contributed by atoms with Gasteiger partial charge in [-0.2, -0.15) is 0 Å². The van der Waals surface area contributed by atoms with Crippen LogP contribution in [0.2, 0.25) is 0 Å². The minimum Gasteiger partial charge on any atom is -0.204 e. The second-order valence-electron chi connectivity index (χ2n) is 5.28. The predicted octanol–water partition coefficient (Wildman–Crippen LogP) is 5.70. The molecule has 22 heavy (non-hydrogen) atoms. The molecule has 0 saturated heterocycles. The van der Waals surface area contributed by atoms with Gasteiger partial charge in [0, 0.05) is 0 Å². The molecule has 0 bridgehead atoms. The third-order valence-corrected chi connectivity index (χ3v) is 3.83. The van der Waals surface area contributed by atoms with Crippen molar-refractivity contribution >= 4 is 32.3 Å². The molecule has 0 spiro atoms. The highest BCUT2D eigenvalue weighted by Gasteiger charge is 2.08. The molecule has 0 radical (unpaired) electrons. The molecule has 108 valence electrons. The van der Waals surface area contributed by atoms with Gasteiger partial charge in [0.15, 0.2) is 23.3 Å². The van der Waals surface area contributed by atoms with E-state index in [9.17, 15) is 17.6 Å². The highest BCUT2D eigenvalue weighted by Crippen LogP contribution is 2.29. The van der Waals surface area contributed by atoms with Crippen molar-refractivity contribution in [3.8, 4) is 0 Å². The third kappa shape index (κ3) is 1.91. The van der Waals surface area contributed by atoms with E-state index in [1.54, 1.807) is 24.3 Å². The molecular formula is C18H8F4. The molecule has 4 heteroatoms. The van der Waals surface area contributed by atoms with E-state index in [1.165, 1.54) is 0 Å². The molecule has 0 aromatic heterocycles. The highest BCUT2D eigenvalue weighted by atomic mass is 19.2. The Bertz CT molecular complexity index is 899. The van der Waals surface area contributed by atoms with Gasteiger partial charge >= 0.3 is 0 Å². The molecule has 0 unspecified atom stereocenters. The summed E-state index contributed by atoms with van der Waals surface area (Å²) >= 11 is 0. The van der Waals surface area contributed by atoms with E-state index in [4.69, 9.17) is 0 Å². The van der Waals surface area contributed by atoms with Crippen molar-refractivity contribution in [3.63, 3.8) is 0 Å². The maximum Gasteiger partial charge on any atom is 0.159 e. The number of fused-ring (bicyclic) bond motifs is 3. The topological polar surface area (TPSA) is 0 Å². The van der Waals surface area contributed by atoms with Gasteiger partial charge in [-0.05, 0) is 80.8 Å². The van der Waals surface area contributed by atoms with E-state index in [-0.39, 0.29) is 0 Å². The summed E-state index contributed by atoms with van der Waals surface area (Å²) in [7, 11) is 0. The van der Waals surface area contributed by atoms with Crippen LogP contribution >= 0.6 is 0 Å². The summed E-state index contributed by atoms with van der Waals surface area (Å²) in [5, 5.41) is 3.69. The zero-order valence-corrected chi connectivity index (χ0v) is 11.1. The molecule has 0 aliphatic rings. The second kappa shape index (κ2) is 4.44. The normalized spacial score (nSPS) is 11.6. The summed E-state index contributed by atoms with van der Waals surface area (Å²) in [6.07, 6.45) is 0. The molecule has 0 nitrogen and oxygen atoms in total. The smallest absolute Gasteiger partial charge is 0.159 e. The minimum absolute atomic E-state index is 0.549. The third-order valence-electron chi connectivity index (χ3n) is 3.83. The maximum atomic E-state index is 13.3. The van der Waals surface area contributed by atoms with E-state index in [1.807, 2.05) is 0 Å². The Morgan fingerprint density at radius 2 is 0.500 bits per heavy atom. The quantitative estimate of drug-likeness (QED) is 0.288. The van der Waals surface area contributed by atoms with Crippen molar-refractivity contribution in [2.45, 2.75) is 0 Å². The monoisotopic (exact) mass is 300 g/mol. The maximum absolute atomic E-state index is 13.3. The predicted molar refractivity (Wildman–Crippen MR) is 78.8 cm³/mol. The van der Waals surface area contributed by atoms with Crippen molar-refractivity contribution in [1.82, 2.24) is 0 Å². The van der Waals surface area contributed by atoms with Crippen molar-refractivity contribution in [2.75, 3.05) is 0 Å². The molecule has 4 aromatic carbocycles. The van der Waals surface area contributed by atoms with Gasteiger partial charge < -0.3 is 0 Å². The summed E-state index contributed by atoms with van der Waals surface area (Å²) in [4.78, 5) is 0. The first-order valence-corrected chi connectivity index (χ1v) is 6.62. The van der Waals surface area contributed by atoms with Crippen molar-refractivity contribution in [3.05, 3.63) is 71.8 Å². The number of benzene rings is 4. The first-order valence-electron chi connectivity index (χ1n) is 6.62. The lowest BCUT2D eigenvalue weighted by atomic mass is 9.99. The lowest BCUT2D eigenvalue weighted by Gasteiger charge is -2.06. The Kier molecular flexibility index (Phi) is 2.64. The van der Waals surface area contributed by atoms with Crippen LogP contribution in [0.3, 0.4) is 0 Å². The first-order chi connectivity index (χ1) is 10.5. The lowest BCUT2D eigenvalue weighted by Crippen LogP contribution is -1.87. The molecule has 0 heterocycles. The van der Waals surface area contributed by atoms with E-state index in [0.717, 1.165) is 35.0 Å². The molecule has 4 rings (SSSR count). The van der Waals surface area contributed by atoms with Crippen LogP contribution in [0.5, 0.6) is 0 Å². The zero-order chi connectivity index (χ0) is 15.4. The number of hydrogen-bond acceptors (Lipinski definition) is 0. The van der Waals surface area contributed by atoms with Crippen LogP contribution in [0.25, 0.3) is 32.3 Å². The Hall–Kier alpha value is -2.62. The standard InChI is InChI=1S/C18H8F4/c19-15-5-11-1-9-2-13-7-17(21)18(22)8-14(13)4-10(9)3-12(11)6-16(15)20/h1-8H.